The molecule has 0 amide bonds. The molecule has 1 heterocycles. The predicted octanol–water partition coefficient (Wildman–Crippen LogP) is 2.52. The summed E-state index contributed by atoms with van der Waals surface area (Å²) in [4.78, 5) is 8.15. The number of hydrogen-bond acceptors (Lipinski definition) is 4. The summed E-state index contributed by atoms with van der Waals surface area (Å²) in [5.74, 6) is 0.566. The number of nitrogens with zero attached hydrogens (tertiary/aromatic N) is 2. The van der Waals surface area contributed by atoms with Gasteiger partial charge in [-0.15, -0.1) is 0 Å². The fraction of sp³-hybridized carbons (Fsp3) is 0.0909. The second-order valence-electron chi connectivity index (χ2n) is 3.89. The Balaban J connectivity index is 2.31. The molecule has 0 spiro atoms. The summed E-state index contributed by atoms with van der Waals surface area (Å²) >= 11 is 12.0. The number of fused-ring (bicyclic) bond motifs is 3. The Morgan fingerprint density at radius 2 is 1.76 bits per heavy atom. The zero-order chi connectivity index (χ0) is 12.2. The van der Waals surface area contributed by atoms with E-state index in [1.807, 2.05) is 6.07 Å². The van der Waals surface area contributed by atoms with Crippen molar-refractivity contribution in [1.82, 2.24) is 9.97 Å². The first kappa shape index (κ1) is 10.6. The number of nitrogens with two attached hydrogens (primary N) is 2. The monoisotopic (exact) mass is 266 g/mol. The van der Waals surface area contributed by atoms with Gasteiger partial charge in [0.1, 0.15) is 5.82 Å². The van der Waals surface area contributed by atoms with Gasteiger partial charge in [0, 0.05) is 12.0 Å². The summed E-state index contributed by atoms with van der Waals surface area (Å²) in [5.41, 5.74) is 15.1. The van der Waals surface area contributed by atoms with Crippen LogP contribution in [0.4, 0.5) is 11.8 Å². The van der Waals surface area contributed by atoms with E-state index in [9.17, 15) is 0 Å². The molecule has 4 N–H and O–H groups in total. The molecule has 0 radical (unpaired) electrons. The van der Waals surface area contributed by atoms with Gasteiger partial charge in [0.25, 0.3) is 0 Å². The maximum absolute atomic E-state index is 6.00. The normalized spacial score (nSPS) is 12.4. The van der Waals surface area contributed by atoms with Crippen molar-refractivity contribution in [2.45, 2.75) is 6.42 Å². The minimum absolute atomic E-state index is 0.186. The van der Waals surface area contributed by atoms with E-state index in [2.05, 4.69) is 9.97 Å². The van der Waals surface area contributed by atoms with Gasteiger partial charge in [0.05, 0.1) is 15.7 Å². The highest BCUT2D eigenvalue weighted by atomic mass is 35.5. The molecule has 3 rings (SSSR count). The highest BCUT2D eigenvalue weighted by molar-refractivity contribution is 6.42. The largest absolute Gasteiger partial charge is 0.383 e. The molecule has 1 aliphatic rings. The van der Waals surface area contributed by atoms with Gasteiger partial charge in [-0.1, -0.05) is 23.2 Å². The van der Waals surface area contributed by atoms with Gasteiger partial charge in [-0.2, -0.15) is 4.98 Å². The fourth-order valence-electron chi connectivity index (χ4n) is 2.12. The van der Waals surface area contributed by atoms with Crippen molar-refractivity contribution >= 4 is 35.0 Å². The van der Waals surface area contributed by atoms with Gasteiger partial charge in [0.15, 0.2) is 0 Å². The lowest BCUT2D eigenvalue weighted by molar-refractivity contribution is 1.09. The smallest absolute Gasteiger partial charge is 0.222 e. The van der Waals surface area contributed by atoms with Gasteiger partial charge in [-0.25, -0.2) is 4.98 Å². The van der Waals surface area contributed by atoms with E-state index in [4.69, 9.17) is 34.7 Å². The minimum Gasteiger partial charge on any atom is -0.383 e. The summed E-state index contributed by atoms with van der Waals surface area (Å²) in [6.07, 6.45) is 0.651. The van der Waals surface area contributed by atoms with Crippen LogP contribution >= 0.6 is 23.2 Å². The van der Waals surface area contributed by atoms with E-state index in [1.54, 1.807) is 6.07 Å². The van der Waals surface area contributed by atoms with Crippen LogP contribution in [0.1, 0.15) is 11.3 Å². The maximum Gasteiger partial charge on any atom is 0.222 e. The maximum atomic E-state index is 6.00. The van der Waals surface area contributed by atoms with Gasteiger partial charge < -0.3 is 11.5 Å². The summed E-state index contributed by atoms with van der Waals surface area (Å²) < 4.78 is 0. The zero-order valence-electron chi connectivity index (χ0n) is 8.67. The van der Waals surface area contributed by atoms with E-state index in [-0.39, 0.29) is 5.95 Å². The molecule has 6 heteroatoms. The van der Waals surface area contributed by atoms with Crippen molar-refractivity contribution in [3.63, 3.8) is 0 Å². The van der Waals surface area contributed by atoms with Crippen molar-refractivity contribution in [2.24, 2.45) is 0 Å². The van der Waals surface area contributed by atoms with Gasteiger partial charge in [-0.05, 0) is 23.3 Å². The lowest BCUT2D eigenvalue weighted by Gasteiger charge is -2.05. The Morgan fingerprint density at radius 1 is 1.06 bits per heavy atom. The minimum atomic E-state index is 0.186. The number of aromatic nitrogens is 2. The van der Waals surface area contributed by atoms with E-state index >= 15 is 0 Å². The highest BCUT2D eigenvalue weighted by Crippen LogP contribution is 2.42. The third-order valence-corrected chi connectivity index (χ3v) is 3.52. The molecular weight excluding hydrogens is 259 g/mol. The molecule has 0 aliphatic heterocycles. The van der Waals surface area contributed by atoms with Crippen LogP contribution in [0.25, 0.3) is 11.1 Å². The van der Waals surface area contributed by atoms with Gasteiger partial charge in [0.2, 0.25) is 5.95 Å². The van der Waals surface area contributed by atoms with Gasteiger partial charge in [-0.3, -0.25) is 0 Å². The van der Waals surface area contributed by atoms with E-state index in [0.29, 0.717) is 22.3 Å². The standard InChI is InChI=1S/C11H8Cl2N4/c12-6-1-4-2-8-9(5(4)3-7(6)13)10(14)17-11(15)16-8/h1,3H,2H2,(H4,14,15,16,17). The number of halogens is 2. The number of hydrogen-bond donors (Lipinski definition) is 2. The molecular formula is C11H8Cl2N4. The Kier molecular flexibility index (Phi) is 2.18. The van der Waals surface area contributed by atoms with Crippen LogP contribution in [0.15, 0.2) is 12.1 Å². The molecule has 0 atom stereocenters. The van der Waals surface area contributed by atoms with Crippen molar-refractivity contribution in [3.8, 4) is 11.1 Å². The molecule has 86 valence electrons. The summed E-state index contributed by atoms with van der Waals surface area (Å²) in [6, 6.07) is 3.62. The first-order valence-corrected chi connectivity index (χ1v) is 5.72. The summed E-state index contributed by atoms with van der Waals surface area (Å²) in [6.45, 7) is 0. The Labute approximate surface area is 108 Å². The molecule has 4 nitrogen and oxygen atoms in total. The van der Waals surface area contributed by atoms with Gasteiger partial charge >= 0.3 is 0 Å². The topological polar surface area (TPSA) is 77.8 Å². The first-order valence-electron chi connectivity index (χ1n) is 4.96. The Hall–Kier alpha value is -1.52. The average molecular weight is 267 g/mol. The Morgan fingerprint density at radius 3 is 2.53 bits per heavy atom. The van der Waals surface area contributed by atoms with Crippen LogP contribution in [0.5, 0.6) is 0 Å². The first-order chi connectivity index (χ1) is 8.06. The molecule has 1 aromatic heterocycles. The number of rotatable bonds is 0. The predicted molar refractivity (Wildman–Crippen MR) is 69.1 cm³/mol. The molecule has 2 aromatic rings. The Bertz CT molecular complexity index is 640. The van der Waals surface area contributed by atoms with Crippen LogP contribution in [0, 0.1) is 0 Å². The lowest BCUT2D eigenvalue weighted by Crippen LogP contribution is -2.03. The summed E-state index contributed by atoms with van der Waals surface area (Å²) in [7, 11) is 0. The molecule has 17 heavy (non-hydrogen) atoms. The third-order valence-electron chi connectivity index (χ3n) is 2.80. The molecule has 1 aromatic carbocycles. The van der Waals surface area contributed by atoms with Crippen LogP contribution in [-0.2, 0) is 6.42 Å². The third kappa shape index (κ3) is 1.52. The van der Waals surface area contributed by atoms with Crippen molar-refractivity contribution in [2.75, 3.05) is 11.5 Å². The quantitative estimate of drug-likeness (QED) is 0.656. The van der Waals surface area contributed by atoms with Crippen LogP contribution in [-0.4, -0.2) is 9.97 Å². The lowest BCUT2D eigenvalue weighted by atomic mass is 10.1. The molecule has 0 saturated heterocycles. The molecule has 0 fully saturated rings. The van der Waals surface area contributed by atoms with Crippen LogP contribution in [0.3, 0.4) is 0 Å². The number of benzene rings is 1. The highest BCUT2D eigenvalue weighted by Gasteiger charge is 2.24. The number of anilines is 2. The number of nitrogen functional groups attached to an aromatic ring is 2. The molecule has 1 aliphatic carbocycles. The summed E-state index contributed by atoms with van der Waals surface area (Å²) in [5, 5.41) is 1.02. The molecule has 0 bridgehead atoms. The van der Waals surface area contributed by atoms with Crippen molar-refractivity contribution in [3.05, 3.63) is 33.4 Å². The fourth-order valence-corrected chi connectivity index (χ4v) is 2.46. The van der Waals surface area contributed by atoms with E-state index in [0.717, 1.165) is 22.4 Å². The van der Waals surface area contributed by atoms with E-state index < -0.39 is 0 Å². The second kappa shape index (κ2) is 3.48. The molecule has 0 saturated carbocycles. The van der Waals surface area contributed by atoms with Crippen molar-refractivity contribution in [1.29, 1.82) is 0 Å². The van der Waals surface area contributed by atoms with E-state index in [1.165, 1.54) is 0 Å². The SMILES string of the molecule is Nc1nc(N)c2c(n1)Cc1cc(Cl)c(Cl)cc1-2. The second-order valence-corrected chi connectivity index (χ2v) is 4.70. The van der Waals surface area contributed by atoms with Crippen LogP contribution < -0.4 is 11.5 Å². The van der Waals surface area contributed by atoms with Crippen molar-refractivity contribution < 1.29 is 0 Å². The van der Waals surface area contributed by atoms with Crippen LogP contribution in [0.2, 0.25) is 10.0 Å². The average Bonchev–Trinajstić information content (AvgIpc) is 2.56. The zero-order valence-corrected chi connectivity index (χ0v) is 10.2. The molecule has 0 unspecified atom stereocenters.